The largest absolute Gasteiger partial charge is 0.459 e. The molecule has 1 heterocycles. The van der Waals surface area contributed by atoms with Gasteiger partial charge in [-0.25, -0.2) is 4.79 Å². The van der Waals surface area contributed by atoms with Gasteiger partial charge in [-0.2, -0.15) is 0 Å². The van der Waals surface area contributed by atoms with E-state index in [0.29, 0.717) is 6.42 Å². The number of nitro groups is 1. The molecule has 7 heteroatoms. The first-order valence-electron chi connectivity index (χ1n) is 6.07. The minimum absolute atomic E-state index is 0.0506. The zero-order valence-corrected chi connectivity index (χ0v) is 11.4. The van der Waals surface area contributed by atoms with Crippen LogP contribution in [-0.2, 0) is 9.47 Å². The maximum Gasteiger partial charge on any atom is 0.339 e. The van der Waals surface area contributed by atoms with E-state index in [9.17, 15) is 14.9 Å². The van der Waals surface area contributed by atoms with Crippen molar-refractivity contribution in [3.05, 3.63) is 27.1 Å². The summed E-state index contributed by atoms with van der Waals surface area (Å²) in [6, 6.07) is 1.25. The van der Waals surface area contributed by atoms with Crippen molar-refractivity contribution in [3.8, 4) is 0 Å². The number of thiophene rings is 1. The number of hydrogen-bond donors (Lipinski definition) is 0. The average Bonchev–Trinajstić information content (AvgIpc) is 2.89. The number of carbonyl (C=O) groups excluding carboxylic acids is 1. The van der Waals surface area contributed by atoms with E-state index in [1.807, 2.05) is 0 Å². The quantitative estimate of drug-likeness (QED) is 0.483. The van der Waals surface area contributed by atoms with E-state index >= 15 is 0 Å². The number of rotatable bonds is 4. The van der Waals surface area contributed by atoms with Crippen molar-refractivity contribution in [2.75, 3.05) is 7.11 Å². The van der Waals surface area contributed by atoms with Crippen molar-refractivity contribution in [1.29, 1.82) is 0 Å². The third-order valence-corrected chi connectivity index (χ3v) is 4.07. The molecule has 0 aliphatic heterocycles. The van der Waals surface area contributed by atoms with E-state index in [4.69, 9.17) is 9.47 Å². The third kappa shape index (κ3) is 3.51. The fourth-order valence-corrected chi connectivity index (χ4v) is 2.86. The van der Waals surface area contributed by atoms with E-state index in [1.165, 1.54) is 11.4 Å². The number of nitrogens with zero attached hydrogens (tertiary/aromatic N) is 1. The summed E-state index contributed by atoms with van der Waals surface area (Å²) in [5.41, 5.74) is 0.247. The van der Waals surface area contributed by atoms with Gasteiger partial charge in [-0.15, -0.1) is 0 Å². The Morgan fingerprint density at radius 1 is 1.47 bits per heavy atom. The molecule has 2 rings (SSSR count). The fourth-order valence-electron chi connectivity index (χ4n) is 2.17. The number of methoxy groups -OCH3 is 1. The summed E-state index contributed by atoms with van der Waals surface area (Å²) in [6.45, 7) is 0. The van der Waals surface area contributed by atoms with E-state index in [2.05, 4.69) is 0 Å². The molecular weight excluding hydrogens is 270 g/mol. The number of ether oxygens (including phenoxy) is 2. The lowest BCUT2D eigenvalue weighted by Crippen LogP contribution is -2.29. The van der Waals surface area contributed by atoms with E-state index < -0.39 is 10.9 Å². The second kappa shape index (κ2) is 6.12. The molecule has 2 atom stereocenters. The third-order valence-electron chi connectivity index (χ3n) is 3.19. The Morgan fingerprint density at radius 2 is 2.21 bits per heavy atom. The summed E-state index contributed by atoms with van der Waals surface area (Å²) < 4.78 is 10.6. The molecule has 1 aromatic rings. The van der Waals surface area contributed by atoms with Crippen molar-refractivity contribution in [1.82, 2.24) is 0 Å². The highest BCUT2D eigenvalue weighted by molar-refractivity contribution is 7.13. The van der Waals surface area contributed by atoms with Crippen molar-refractivity contribution in [3.63, 3.8) is 0 Å². The Balaban J connectivity index is 1.94. The molecule has 0 saturated heterocycles. The van der Waals surface area contributed by atoms with Crippen LogP contribution in [0, 0.1) is 10.1 Å². The topological polar surface area (TPSA) is 78.7 Å². The van der Waals surface area contributed by atoms with Crippen LogP contribution in [0.1, 0.15) is 36.0 Å². The second-order valence-corrected chi connectivity index (χ2v) is 5.37. The highest BCUT2D eigenvalue weighted by Crippen LogP contribution is 2.26. The Kier molecular flexibility index (Phi) is 4.49. The first-order valence-corrected chi connectivity index (χ1v) is 6.95. The van der Waals surface area contributed by atoms with Crippen LogP contribution < -0.4 is 0 Å². The molecule has 104 valence electrons. The molecular formula is C12H15NO5S. The van der Waals surface area contributed by atoms with Gasteiger partial charge in [-0.3, -0.25) is 10.1 Å². The molecule has 1 aliphatic rings. The van der Waals surface area contributed by atoms with Gasteiger partial charge in [0.15, 0.2) is 0 Å². The van der Waals surface area contributed by atoms with Gasteiger partial charge in [0.2, 0.25) is 0 Å². The predicted octanol–water partition coefficient (Wildman–Crippen LogP) is 2.77. The molecule has 1 aromatic heterocycles. The lowest BCUT2D eigenvalue weighted by Gasteiger charge is -2.27. The normalized spacial score (nSPS) is 23.0. The van der Waals surface area contributed by atoms with Gasteiger partial charge in [0.1, 0.15) is 6.10 Å². The van der Waals surface area contributed by atoms with Crippen LogP contribution in [0.25, 0.3) is 0 Å². The minimum Gasteiger partial charge on any atom is -0.459 e. The molecule has 0 N–H and O–H groups in total. The summed E-state index contributed by atoms with van der Waals surface area (Å²) in [4.78, 5) is 21.9. The van der Waals surface area contributed by atoms with Crippen molar-refractivity contribution in [2.45, 2.75) is 37.9 Å². The zero-order chi connectivity index (χ0) is 13.8. The Bertz CT molecular complexity index is 472. The van der Waals surface area contributed by atoms with E-state index in [-0.39, 0.29) is 22.8 Å². The van der Waals surface area contributed by atoms with Crippen LogP contribution in [0.5, 0.6) is 0 Å². The van der Waals surface area contributed by atoms with Gasteiger partial charge >= 0.3 is 11.0 Å². The molecule has 0 aromatic carbocycles. The zero-order valence-electron chi connectivity index (χ0n) is 10.5. The van der Waals surface area contributed by atoms with Crippen molar-refractivity contribution in [2.24, 2.45) is 0 Å². The van der Waals surface area contributed by atoms with Gasteiger partial charge in [0.05, 0.1) is 16.6 Å². The average molecular weight is 285 g/mol. The number of esters is 1. The second-order valence-electron chi connectivity index (χ2n) is 4.48. The molecule has 19 heavy (non-hydrogen) atoms. The Labute approximate surface area is 114 Å². The van der Waals surface area contributed by atoms with Crippen LogP contribution in [0.3, 0.4) is 0 Å². The van der Waals surface area contributed by atoms with E-state index in [1.54, 1.807) is 7.11 Å². The molecule has 6 nitrogen and oxygen atoms in total. The summed E-state index contributed by atoms with van der Waals surface area (Å²) in [7, 11) is 1.65. The summed E-state index contributed by atoms with van der Waals surface area (Å²) in [5, 5.41) is 12.0. The highest BCUT2D eigenvalue weighted by atomic mass is 32.1. The molecule has 1 saturated carbocycles. The minimum atomic E-state index is -0.511. The SMILES string of the molecule is CO[C@@H]1CCC[C@H](OC(=O)c2csc([N+](=O)[O-])c2)C1. The molecule has 1 aliphatic carbocycles. The smallest absolute Gasteiger partial charge is 0.339 e. The van der Waals surface area contributed by atoms with Crippen LogP contribution in [-0.4, -0.2) is 30.2 Å². The molecule has 1 fully saturated rings. The molecule has 0 amide bonds. The monoisotopic (exact) mass is 285 g/mol. The Morgan fingerprint density at radius 3 is 2.84 bits per heavy atom. The van der Waals surface area contributed by atoms with Crippen LogP contribution in [0.15, 0.2) is 11.4 Å². The molecule has 0 spiro atoms. The highest BCUT2D eigenvalue weighted by Gasteiger charge is 2.26. The number of carbonyl (C=O) groups is 1. The number of hydrogen-bond acceptors (Lipinski definition) is 6. The summed E-state index contributed by atoms with van der Waals surface area (Å²) in [5.74, 6) is -0.494. The standard InChI is InChI=1S/C12H15NO5S/c1-17-9-3-2-4-10(6-9)18-12(14)8-5-11(13(15)16)19-7-8/h5,7,9-10H,2-4,6H2,1H3/t9-,10+/m1/s1. The summed E-state index contributed by atoms with van der Waals surface area (Å²) >= 11 is 0.928. The van der Waals surface area contributed by atoms with Gasteiger partial charge in [0, 0.05) is 25.0 Å². The molecule has 0 unspecified atom stereocenters. The lowest BCUT2D eigenvalue weighted by molar-refractivity contribution is -0.380. The molecule has 0 radical (unpaired) electrons. The lowest BCUT2D eigenvalue weighted by atomic mass is 9.95. The maximum absolute atomic E-state index is 11.9. The first kappa shape index (κ1) is 14.0. The molecule has 0 bridgehead atoms. The summed E-state index contributed by atoms with van der Waals surface area (Å²) in [6.07, 6.45) is 3.41. The van der Waals surface area contributed by atoms with Crippen molar-refractivity contribution >= 4 is 22.3 Å². The van der Waals surface area contributed by atoms with Gasteiger partial charge in [-0.1, -0.05) is 11.3 Å². The Hall–Kier alpha value is -1.47. The van der Waals surface area contributed by atoms with Gasteiger partial charge in [0.25, 0.3) is 0 Å². The van der Waals surface area contributed by atoms with Crippen LogP contribution in [0.2, 0.25) is 0 Å². The van der Waals surface area contributed by atoms with Gasteiger partial charge in [-0.05, 0) is 19.3 Å². The first-order chi connectivity index (χ1) is 9.10. The fraction of sp³-hybridized carbons (Fsp3) is 0.583. The van der Waals surface area contributed by atoms with E-state index in [0.717, 1.165) is 30.6 Å². The van der Waals surface area contributed by atoms with Crippen molar-refractivity contribution < 1.29 is 19.2 Å². The maximum atomic E-state index is 11.9. The van der Waals surface area contributed by atoms with Gasteiger partial charge < -0.3 is 9.47 Å². The van der Waals surface area contributed by atoms with Crippen LogP contribution in [0.4, 0.5) is 5.00 Å². The predicted molar refractivity (Wildman–Crippen MR) is 69.4 cm³/mol. The van der Waals surface area contributed by atoms with Crippen LogP contribution >= 0.6 is 11.3 Å².